The van der Waals surface area contributed by atoms with Crippen molar-refractivity contribution in [1.82, 2.24) is 14.8 Å². The number of carboxylic acids is 1. The Labute approximate surface area is 196 Å². The van der Waals surface area contributed by atoms with Crippen molar-refractivity contribution in [3.05, 3.63) is 65.2 Å². The summed E-state index contributed by atoms with van der Waals surface area (Å²) in [6.07, 6.45) is 9.07. The molecule has 1 amide bonds. The molecule has 1 atom stereocenters. The zero-order valence-corrected chi connectivity index (χ0v) is 18.7. The van der Waals surface area contributed by atoms with Gasteiger partial charge in [-0.2, -0.15) is 0 Å². The Hall–Kier alpha value is -3.07. The highest BCUT2D eigenvalue weighted by Crippen LogP contribution is 2.32. The Balaban J connectivity index is 1.32. The lowest BCUT2D eigenvalue weighted by molar-refractivity contribution is -0.147. The number of nitrogens with zero attached hydrogens (tertiary/aromatic N) is 2. The van der Waals surface area contributed by atoms with Gasteiger partial charge in [0.25, 0.3) is 0 Å². The van der Waals surface area contributed by atoms with Crippen LogP contribution in [0, 0.1) is 23.4 Å². The maximum atomic E-state index is 13.8. The number of likely N-dealkylation sites (tertiary alicyclic amines) is 2. The molecule has 1 aromatic carbocycles. The molecule has 9 heteroatoms. The summed E-state index contributed by atoms with van der Waals surface area (Å²) in [5.74, 6) is -5.05. The summed E-state index contributed by atoms with van der Waals surface area (Å²) < 4.78 is 40.2. The molecule has 1 unspecified atom stereocenters. The van der Waals surface area contributed by atoms with E-state index in [1.54, 1.807) is 4.90 Å². The first kappa shape index (κ1) is 24.1. The molecule has 2 fully saturated rings. The number of rotatable bonds is 6. The first-order valence-electron chi connectivity index (χ1n) is 11.5. The molecule has 2 saturated heterocycles. The van der Waals surface area contributed by atoms with Crippen LogP contribution in [0.4, 0.5) is 13.2 Å². The molecule has 1 aromatic heterocycles. The van der Waals surface area contributed by atoms with E-state index >= 15 is 0 Å². The molecule has 0 bridgehead atoms. The number of benzene rings is 1. The number of aliphatic carboxylic acids is 1. The molecular weight excluding hydrogens is 447 g/mol. The van der Waals surface area contributed by atoms with Crippen molar-refractivity contribution in [2.24, 2.45) is 5.92 Å². The number of halogens is 3. The van der Waals surface area contributed by atoms with E-state index in [1.165, 1.54) is 5.56 Å². The Kier molecular flexibility index (Phi) is 7.41. The van der Waals surface area contributed by atoms with Crippen molar-refractivity contribution < 1.29 is 27.9 Å². The number of carboxylic acid groups (broad SMARTS) is 1. The van der Waals surface area contributed by atoms with Gasteiger partial charge in [0, 0.05) is 37.1 Å². The largest absolute Gasteiger partial charge is 0.480 e. The van der Waals surface area contributed by atoms with Gasteiger partial charge >= 0.3 is 5.97 Å². The molecule has 2 aromatic rings. The molecule has 0 saturated carbocycles. The lowest BCUT2D eigenvalue weighted by Gasteiger charge is -2.41. The van der Waals surface area contributed by atoms with Gasteiger partial charge in [-0.1, -0.05) is 0 Å². The summed E-state index contributed by atoms with van der Waals surface area (Å²) in [6.45, 7) is 2.21. The van der Waals surface area contributed by atoms with Gasteiger partial charge < -0.3 is 15.0 Å². The number of aromatic amines is 1. The minimum Gasteiger partial charge on any atom is -0.480 e. The maximum Gasteiger partial charge on any atom is 0.321 e. The number of nitrogens with one attached hydrogen (secondary N) is 1. The molecule has 34 heavy (non-hydrogen) atoms. The van der Waals surface area contributed by atoms with Crippen LogP contribution in [0.3, 0.4) is 0 Å². The van der Waals surface area contributed by atoms with Gasteiger partial charge in [-0.25, -0.2) is 13.2 Å². The van der Waals surface area contributed by atoms with E-state index < -0.39 is 29.5 Å². The highest BCUT2D eigenvalue weighted by atomic mass is 19.2. The predicted octanol–water partition coefficient (Wildman–Crippen LogP) is 4.02. The van der Waals surface area contributed by atoms with Gasteiger partial charge in [-0.15, -0.1) is 0 Å². The average molecular weight is 476 g/mol. The number of H-pyrrole nitrogens is 1. The van der Waals surface area contributed by atoms with Crippen LogP contribution in [0.25, 0.3) is 6.08 Å². The Morgan fingerprint density at radius 2 is 1.71 bits per heavy atom. The van der Waals surface area contributed by atoms with Crippen LogP contribution in [-0.4, -0.2) is 64.0 Å². The zero-order chi connectivity index (χ0) is 24.2. The number of hydrogen-bond donors (Lipinski definition) is 2. The van der Waals surface area contributed by atoms with E-state index in [-0.39, 0.29) is 17.4 Å². The summed E-state index contributed by atoms with van der Waals surface area (Å²) in [6, 6.07) is 3.36. The lowest BCUT2D eigenvalue weighted by atomic mass is 9.85. The first-order valence-corrected chi connectivity index (χ1v) is 11.5. The average Bonchev–Trinajstić information content (AvgIpc) is 3.38. The van der Waals surface area contributed by atoms with Crippen molar-refractivity contribution in [3.63, 3.8) is 0 Å². The van der Waals surface area contributed by atoms with E-state index in [4.69, 9.17) is 0 Å². The second-order valence-electron chi connectivity index (χ2n) is 9.00. The Morgan fingerprint density at radius 3 is 2.32 bits per heavy atom. The van der Waals surface area contributed by atoms with Crippen LogP contribution < -0.4 is 0 Å². The predicted molar refractivity (Wildman–Crippen MR) is 120 cm³/mol. The van der Waals surface area contributed by atoms with Crippen LogP contribution in [-0.2, 0) is 9.59 Å². The number of carbonyl (C=O) groups excluding carboxylic acids is 1. The van der Waals surface area contributed by atoms with Crippen molar-refractivity contribution >= 4 is 18.0 Å². The highest BCUT2D eigenvalue weighted by Gasteiger charge is 2.38. The fourth-order valence-corrected chi connectivity index (χ4v) is 5.13. The summed E-state index contributed by atoms with van der Waals surface area (Å²) >= 11 is 0. The Bertz CT molecular complexity index is 1040. The summed E-state index contributed by atoms with van der Waals surface area (Å²) in [5, 5.41) is 9.95. The highest BCUT2D eigenvalue weighted by molar-refractivity contribution is 5.91. The van der Waals surface area contributed by atoms with Gasteiger partial charge in [-0.3, -0.25) is 14.5 Å². The molecule has 2 N–H and O–H groups in total. The topological polar surface area (TPSA) is 76.6 Å². The Morgan fingerprint density at radius 1 is 1.00 bits per heavy atom. The van der Waals surface area contributed by atoms with Gasteiger partial charge in [0.05, 0.1) is 0 Å². The second kappa shape index (κ2) is 10.5. The van der Waals surface area contributed by atoms with Crippen LogP contribution >= 0.6 is 0 Å². The van der Waals surface area contributed by atoms with Gasteiger partial charge in [0.1, 0.15) is 6.04 Å². The molecule has 0 radical (unpaired) electrons. The van der Waals surface area contributed by atoms with E-state index in [0.29, 0.717) is 44.9 Å². The monoisotopic (exact) mass is 475 g/mol. The number of carbonyl (C=O) groups is 2. The van der Waals surface area contributed by atoms with Gasteiger partial charge in [-0.05, 0) is 80.4 Å². The molecule has 2 aliphatic rings. The van der Waals surface area contributed by atoms with E-state index in [9.17, 15) is 27.9 Å². The van der Waals surface area contributed by atoms with Crippen LogP contribution in [0.5, 0.6) is 0 Å². The smallest absolute Gasteiger partial charge is 0.321 e. The van der Waals surface area contributed by atoms with Crippen molar-refractivity contribution in [2.75, 3.05) is 26.2 Å². The summed E-state index contributed by atoms with van der Waals surface area (Å²) in [5.41, 5.74) is 1.05. The maximum absolute atomic E-state index is 13.8. The van der Waals surface area contributed by atoms with E-state index in [0.717, 1.165) is 37.1 Å². The van der Waals surface area contributed by atoms with Gasteiger partial charge in [0.15, 0.2) is 17.5 Å². The number of piperidine rings is 2. The van der Waals surface area contributed by atoms with Crippen molar-refractivity contribution in [3.8, 4) is 0 Å². The third kappa shape index (κ3) is 5.19. The third-order valence-electron chi connectivity index (χ3n) is 7.04. The number of hydrogen-bond acceptors (Lipinski definition) is 3. The van der Waals surface area contributed by atoms with E-state index in [2.05, 4.69) is 16.0 Å². The molecule has 182 valence electrons. The van der Waals surface area contributed by atoms with Crippen molar-refractivity contribution in [2.45, 2.75) is 37.6 Å². The molecule has 2 aliphatic heterocycles. The molecule has 6 nitrogen and oxygen atoms in total. The van der Waals surface area contributed by atoms with Crippen LogP contribution in [0.1, 0.15) is 42.7 Å². The minimum atomic E-state index is -1.58. The molecule has 4 rings (SSSR count). The van der Waals surface area contributed by atoms with E-state index in [1.807, 2.05) is 12.4 Å². The van der Waals surface area contributed by atoms with Crippen molar-refractivity contribution in [1.29, 1.82) is 0 Å². The van der Waals surface area contributed by atoms with Crippen LogP contribution in [0.2, 0.25) is 0 Å². The standard InChI is InChI=1S/C25H28F3N3O3/c26-20-3-1-17(22(27)23(20)28)2-4-21(32)30-11-8-18(9-12-30)24(25(33)34)31-13-6-16(7-14-31)19-5-10-29-15-19/h1-5,10,15-16,18,24,29H,6-9,11-14H2,(H,33,34). The SMILES string of the molecule is O=C(O)C(C1CCN(C(=O)C=Cc2ccc(F)c(F)c2F)CC1)N1CCC(c2cc[nH]c2)CC1. The zero-order valence-electron chi connectivity index (χ0n) is 18.7. The number of aromatic nitrogens is 1. The molecule has 0 spiro atoms. The molecule has 3 heterocycles. The fraction of sp³-hybridized carbons (Fsp3) is 0.440. The normalized spacial score (nSPS) is 19.6. The van der Waals surface area contributed by atoms with Gasteiger partial charge in [0.2, 0.25) is 5.91 Å². The summed E-state index contributed by atoms with van der Waals surface area (Å²) in [7, 11) is 0. The second-order valence-corrected chi connectivity index (χ2v) is 9.00. The fourth-order valence-electron chi connectivity index (χ4n) is 5.13. The van der Waals surface area contributed by atoms with Crippen LogP contribution in [0.15, 0.2) is 36.7 Å². The third-order valence-corrected chi connectivity index (χ3v) is 7.04. The molecule has 0 aliphatic carbocycles. The summed E-state index contributed by atoms with van der Waals surface area (Å²) in [4.78, 5) is 31.4. The number of amides is 1. The lowest BCUT2D eigenvalue weighted by Crippen LogP contribution is -2.52. The quantitative estimate of drug-likeness (QED) is 0.489. The minimum absolute atomic E-state index is 0.0713. The first-order chi connectivity index (χ1) is 16.3. The molecular formula is C25H28F3N3O3.